The van der Waals surface area contributed by atoms with Gasteiger partial charge in [-0.3, -0.25) is 9.59 Å². The first-order valence-electron chi connectivity index (χ1n) is 9.79. The molecule has 1 aromatic rings. The van der Waals surface area contributed by atoms with Crippen LogP contribution in [0, 0.1) is 13.8 Å². The van der Waals surface area contributed by atoms with E-state index in [1.807, 2.05) is 6.07 Å². The SMILES string of the molecule is CC(=O)N(CC(=O)O)[C@@H]1CCCN(CCCOc2c(C)cccc2C)CC1. The van der Waals surface area contributed by atoms with E-state index in [0.29, 0.717) is 6.61 Å². The molecule has 0 saturated carbocycles. The summed E-state index contributed by atoms with van der Waals surface area (Å²) in [5, 5.41) is 9.04. The van der Waals surface area contributed by atoms with Gasteiger partial charge in [0.05, 0.1) is 6.61 Å². The highest BCUT2D eigenvalue weighted by molar-refractivity contribution is 5.79. The second kappa shape index (κ2) is 10.3. The van der Waals surface area contributed by atoms with Gasteiger partial charge in [0.25, 0.3) is 0 Å². The molecule has 1 fully saturated rings. The maximum absolute atomic E-state index is 11.8. The number of likely N-dealkylation sites (tertiary alicyclic amines) is 1. The Hall–Kier alpha value is -2.08. The molecular formula is C21H32N2O4. The summed E-state index contributed by atoms with van der Waals surface area (Å²) in [4.78, 5) is 26.7. The van der Waals surface area contributed by atoms with Crippen LogP contribution in [0.25, 0.3) is 0 Å². The first-order chi connectivity index (χ1) is 12.9. The van der Waals surface area contributed by atoms with Gasteiger partial charge in [0, 0.05) is 26.1 Å². The van der Waals surface area contributed by atoms with Crippen LogP contribution in [0.3, 0.4) is 0 Å². The van der Waals surface area contributed by atoms with E-state index in [1.54, 1.807) is 0 Å². The number of para-hydroxylation sites is 1. The van der Waals surface area contributed by atoms with E-state index in [-0.39, 0.29) is 18.5 Å². The summed E-state index contributed by atoms with van der Waals surface area (Å²) in [5.41, 5.74) is 2.32. The Bertz CT molecular complexity index is 627. The number of carboxylic acid groups (broad SMARTS) is 1. The summed E-state index contributed by atoms with van der Waals surface area (Å²) >= 11 is 0. The van der Waals surface area contributed by atoms with Crippen molar-refractivity contribution in [3.8, 4) is 5.75 Å². The van der Waals surface area contributed by atoms with E-state index in [4.69, 9.17) is 9.84 Å². The van der Waals surface area contributed by atoms with Crippen LogP contribution < -0.4 is 4.74 Å². The van der Waals surface area contributed by atoms with Gasteiger partial charge in [0.1, 0.15) is 12.3 Å². The molecule has 150 valence electrons. The van der Waals surface area contributed by atoms with Gasteiger partial charge < -0.3 is 19.6 Å². The van der Waals surface area contributed by atoms with E-state index in [9.17, 15) is 9.59 Å². The number of nitrogens with zero attached hydrogens (tertiary/aromatic N) is 2. The Balaban J connectivity index is 1.77. The quantitative estimate of drug-likeness (QED) is 0.707. The normalized spacial score (nSPS) is 18.0. The van der Waals surface area contributed by atoms with E-state index in [2.05, 4.69) is 30.9 Å². The Morgan fingerprint density at radius 3 is 2.56 bits per heavy atom. The van der Waals surface area contributed by atoms with Crippen molar-refractivity contribution in [1.82, 2.24) is 9.80 Å². The number of amides is 1. The molecule has 1 aliphatic rings. The average Bonchev–Trinajstić information content (AvgIpc) is 2.84. The van der Waals surface area contributed by atoms with Crippen LogP contribution in [0.2, 0.25) is 0 Å². The molecule has 0 aliphatic carbocycles. The Morgan fingerprint density at radius 1 is 1.22 bits per heavy atom. The van der Waals surface area contributed by atoms with E-state index in [1.165, 1.54) is 11.8 Å². The molecule has 0 unspecified atom stereocenters. The maximum atomic E-state index is 11.8. The number of rotatable bonds is 8. The van der Waals surface area contributed by atoms with Crippen LogP contribution >= 0.6 is 0 Å². The Labute approximate surface area is 162 Å². The monoisotopic (exact) mass is 376 g/mol. The minimum absolute atomic E-state index is 0.0227. The number of aryl methyl sites for hydroxylation is 2. The highest BCUT2D eigenvalue weighted by Gasteiger charge is 2.25. The Morgan fingerprint density at radius 2 is 1.93 bits per heavy atom. The molecule has 0 spiro atoms. The molecule has 0 radical (unpaired) electrons. The van der Waals surface area contributed by atoms with Crippen LogP contribution in [0.1, 0.15) is 43.7 Å². The van der Waals surface area contributed by atoms with Crippen LogP contribution in [-0.4, -0.2) is 65.6 Å². The molecule has 6 nitrogen and oxygen atoms in total. The lowest BCUT2D eigenvalue weighted by atomic mass is 10.1. The fourth-order valence-corrected chi connectivity index (χ4v) is 3.81. The lowest BCUT2D eigenvalue weighted by Crippen LogP contribution is -2.42. The zero-order valence-corrected chi connectivity index (χ0v) is 16.7. The van der Waals surface area contributed by atoms with Gasteiger partial charge in [-0.05, 0) is 57.2 Å². The van der Waals surface area contributed by atoms with Crippen molar-refractivity contribution < 1.29 is 19.4 Å². The number of carbonyl (C=O) groups excluding carboxylic acids is 1. The molecule has 27 heavy (non-hydrogen) atoms. The van der Waals surface area contributed by atoms with E-state index in [0.717, 1.165) is 62.2 Å². The molecule has 1 heterocycles. The van der Waals surface area contributed by atoms with E-state index < -0.39 is 5.97 Å². The van der Waals surface area contributed by atoms with Gasteiger partial charge in [-0.15, -0.1) is 0 Å². The second-order valence-corrected chi connectivity index (χ2v) is 7.39. The molecule has 0 bridgehead atoms. The summed E-state index contributed by atoms with van der Waals surface area (Å²) in [7, 11) is 0. The highest BCUT2D eigenvalue weighted by Crippen LogP contribution is 2.22. The van der Waals surface area contributed by atoms with Gasteiger partial charge in [0.2, 0.25) is 5.91 Å². The zero-order chi connectivity index (χ0) is 19.8. The zero-order valence-electron chi connectivity index (χ0n) is 16.7. The number of hydrogen-bond acceptors (Lipinski definition) is 4. The standard InChI is InChI=1S/C21H32N2O4/c1-16-7-4-8-17(2)21(16)27-14-6-12-22-11-5-9-19(10-13-22)23(18(3)24)15-20(25)26/h4,7-8,19H,5-6,9-15H2,1-3H3,(H,25,26)/t19-/m1/s1. The summed E-state index contributed by atoms with van der Waals surface area (Å²) in [6, 6.07) is 6.19. The van der Waals surface area contributed by atoms with Crippen LogP contribution in [0.15, 0.2) is 18.2 Å². The van der Waals surface area contributed by atoms with Crippen molar-refractivity contribution in [3.05, 3.63) is 29.3 Å². The van der Waals surface area contributed by atoms with Crippen molar-refractivity contribution in [2.75, 3.05) is 32.8 Å². The molecule has 6 heteroatoms. The van der Waals surface area contributed by atoms with Crippen molar-refractivity contribution in [3.63, 3.8) is 0 Å². The number of ether oxygens (including phenoxy) is 1. The smallest absolute Gasteiger partial charge is 0.323 e. The summed E-state index contributed by atoms with van der Waals surface area (Å²) in [6.07, 6.45) is 3.61. The minimum Gasteiger partial charge on any atom is -0.493 e. The summed E-state index contributed by atoms with van der Waals surface area (Å²) in [6.45, 7) is 8.89. The molecule has 2 rings (SSSR count). The minimum atomic E-state index is -0.949. The van der Waals surface area contributed by atoms with Gasteiger partial charge >= 0.3 is 5.97 Å². The van der Waals surface area contributed by atoms with Crippen molar-refractivity contribution in [1.29, 1.82) is 0 Å². The number of aliphatic carboxylic acids is 1. The molecule has 1 saturated heterocycles. The molecule has 1 aliphatic heterocycles. The maximum Gasteiger partial charge on any atom is 0.323 e. The van der Waals surface area contributed by atoms with Crippen molar-refractivity contribution in [2.24, 2.45) is 0 Å². The number of carboxylic acids is 1. The molecular weight excluding hydrogens is 344 g/mol. The molecule has 0 aromatic heterocycles. The molecule has 1 atom stereocenters. The first-order valence-corrected chi connectivity index (χ1v) is 9.79. The third-order valence-electron chi connectivity index (χ3n) is 5.21. The lowest BCUT2D eigenvalue weighted by molar-refractivity contribution is -0.145. The fourth-order valence-electron chi connectivity index (χ4n) is 3.81. The van der Waals surface area contributed by atoms with Gasteiger partial charge in [-0.1, -0.05) is 18.2 Å². The van der Waals surface area contributed by atoms with Crippen molar-refractivity contribution >= 4 is 11.9 Å². The van der Waals surface area contributed by atoms with Gasteiger partial charge in [-0.25, -0.2) is 0 Å². The van der Waals surface area contributed by atoms with Crippen LogP contribution in [0.5, 0.6) is 5.75 Å². The lowest BCUT2D eigenvalue weighted by Gasteiger charge is -2.29. The van der Waals surface area contributed by atoms with E-state index >= 15 is 0 Å². The summed E-state index contributed by atoms with van der Waals surface area (Å²) in [5.74, 6) is -0.119. The van der Waals surface area contributed by atoms with Crippen LogP contribution in [-0.2, 0) is 9.59 Å². The highest BCUT2D eigenvalue weighted by atomic mass is 16.5. The predicted molar refractivity (Wildman–Crippen MR) is 105 cm³/mol. The Kier molecular flexibility index (Phi) is 8.10. The third kappa shape index (κ3) is 6.54. The molecule has 1 N–H and O–H groups in total. The fraction of sp³-hybridized carbons (Fsp3) is 0.619. The predicted octanol–water partition coefficient (Wildman–Crippen LogP) is 2.86. The summed E-state index contributed by atoms with van der Waals surface area (Å²) < 4.78 is 5.98. The molecule has 1 amide bonds. The topological polar surface area (TPSA) is 70.1 Å². The largest absolute Gasteiger partial charge is 0.493 e. The van der Waals surface area contributed by atoms with Gasteiger partial charge in [0.15, 0.2) is 0 Å². The second-order valence-electron chi connectivity index (χ2n) is 7.39. The first kappa shape index (κ1) is 21.2. The average molecular weight is 376 g/mol. The third-order valence-corrected chi connectivity index (χ3v) is 5.21. The number of hydrogen-bond donors (Lipinski definition) is 1. The van der Waals surface area contributed by atoms with Gasteiger partial charge in [-0.2, -0.15) is 0 Å². The van der Waals surface area contributed by atoms with Crippen molar-refractivity contribution in [2.45, 2.75) is 52.5 Å². The number of benzene rings is 1. The molecule has 1 aromatic carbocycles. The van der Waals surface area contributed by atoms with Crippen LogP contribution in [0.4, 0.5) is 0 Å². The number of carbonyl (C=O) groups is 2.